The Kier molecular flexibility index (Phi) is 4.27. The van der Waals surface area contributed by atoms with Gasteiger partial charge in [0, 0.05) is 25.7 Å². The van der Waals surface area contributed by atoms with Crippen molar-refractivity contribution in [1.29, 1.82) is 0 Å². The Balaban J connectivity index is 1.90. The Morgan fingerprint density at radius 1 is 1.39 bits per heavy atom. The van der Waals surface area contributed by atoms with E-state index in [1.54, 1.807) is 17.0 Å². The van der Waals surface area contributed by atoms with Gasteiger partial charge in [0.05, 0.1) is 11.5 Å². The van der Waals surface area contributed by atoms with E-state index in [1.807, 2.05) is 10.6 Å². The third-order valence-electron chi connectivity index (χ3n) is 4.27. The number of pyridine rings is 1. The molecule has 3 heterocycles. The van der Waals surface area contributed by atoms with Gasteiger partial charge in [0.15, 0.2) is 5.65 Å². The van der Waals surface area contributed by atoms with Gasteiger partial charge >= 0.3 is 5.97 Å². The van der Waals surface area contributed by atoms with E-state index in [-0.39, 0.29) is 12.5 Å². The van der Waals surface area contributed by atoms with Crippen molar-refractivity contribution in [1.82, 2.24) is 19.5 Å². The van der Waals surface area contributed by atoms with Gasteiger partial charge in [0.25, 0.3) is 5.91 Å². The van der Waals surface area contributed by atoms with E-state index in [1.165, 1.54) is 0 Å². The van der Waals surface area contributed by atoms with E-state index in [2.05, 4.69) is 17.1 Å². The lowest BCUT2D eigenvalue weighted by atomic mass is 9.98. The fourth-order valence-corrected chi connectivity index (χ4v) is 3.06. The fraction of sp³-hybridized carbons (Fsp3) is 0.500. The van der Waals surface area contributed by atoms with Crippen molar-refractivity contribution < 1.29 is 14.7 Å². The molecule has 3 rings (SSSR count). The number of hydrogen-bond donors (Lipinski definition) is 1. The Hall–Kier alpha value is -2.44. The number of rotatable bonds is 4. The monoisotopic (exact) mass is 316 g/mol. The molecule has 0 radical (unpaired) electrons. The standard InChI is InChI=1S/C16H20N4O3/c1-2-5-13-17-18-14-12(7-4-9-20(13)14)15(21)19-8-3-6-11(10-19)16(22)23/h4,7,9,11H,2-3,5-6,8,10H2,1H3,(H,22,23). The molecule has 122 valence electrons. The first kappa shape index (κ1) is 15.5. The zero-order chi connectivity index (χ0) is 16.4. The highest BCUT2D eigenvalue weighted by Gasteiger charge is 2.29. The highest BCUT2D eigenvalue weighted by Crippen LogP contribution is 2.20. The molecule has 1 amide bonds. The molecule has 1 aliphatic rings. The molecular weight excluding hydrogens is 296 g/mol. The second-order valence-electron chi connectivity index (χ2n) is 5.91. The second kappa shape index (κ2) is 6.36. The maximum atomic E-state index is 12.8. The van der Waals surface area contributed by atoms with Crippen molar-refractivity contribution in [3.63, 3.8) is 0 Å². The van der Waals surface area contributed by atoms with Crippen LogP contribution in [0.1, 0.15) is 42.4 Å². The number of aromatic nitrogens is 3. The molecule has 7 nitrogen and oxygen atoms in total. The lowest BCUT2D eigenvalue weighted by Gasteiger charge is -2.30. The molecule has 0 bridgehead atoms. The van der Waals surface area contributed by atoms with Gasteiger partial charge in [-0.25, -0.2) is 0 Å². The van der Waals surface area contributed by atoms with Crippen LogP contribution in [-0.4, -0.2) is 49.6 Å². The maximum absolute atomic E-state index is 12.8. The molecule has 1 atom stereocenters. The number of piperidine rings is 1. The first-order chi connectivity index (χ1) is 11.1. The molecule has 1 N–H and O–H groups in total. The zero-order valence-electron chi connectivity index (χ0n) is 13.1. The van der Waals surface area contributed by atoms with Gasteiger partial charge in [0.2, 0.25) is 0 Å². The lowest BCUT2D eigenvalue weighted by molar-refractivity contribution is -0.143. The van der Waals surface area contributed by atoms with Gasteiger partial charge in [-0.1, -0.05) is 6.92 Å². The van der Waals surface area contributed by atoms with E-state index in [4.69, 9.17) is 0 Å². The molecule has 2 aromatic heterocycles. The first-order valence-corrected chi connectivity index (χ1v) is 7.96. The molecule has 2 aromatic rings. The SMILES string of the molecule is CCCc1nnc2c(C(=O)N3CCCC(C(=O)O)C3)cccn12. The quantitative estimate of drug-likeness (QED) is 0.926. The molecule has 1 fully saturated rings. The largest absolute Gasteiger partial charge is 0.481 e. The zero-order valence-corrected chi connectivity index (χ0v) is 13.1. The third-order valence-corrected chi connectivity index (χ3v) is 4.27. The van der Waals surface area contributed by atoms with Crippen LogP contribution in [0.5, 0.6) is 0 Å². The summed E-state index contributed by atoms with van der Waals surface area (Å²) in [5.41, 5.74) is 1.02. The minimum atomic E-state index is -0.839. The summed E-state index contributed by atoms with van der Waals surface area (Å²) in [6.07, 6.45) is 4.93. The number of aliphatic carboxylic acids is 1. The smallest absolute Gasteiger partial charge is 0.308 e. The van der Waals surface area contributed by atoms with E-state index in [0.717, 1.165) is 18.7 Å². The highest BCUT2D eigenvalue weighted by atomic mass is 16.4. The molecule has 1 saturated heterocycles. The van der Waals surface area contributed by atoms with Crippen molar-refractivity contribution in [3.05, 3.63) is 29.7 Å². The van der Waals surface area contributed by atoms with Gasteiger partial charge in [-0.3, -0.25) is 14.0 Å². The highest BCUT2D eigenvalue weighted by molar-refractivity contribution is 6.00. The average Bonchev–Trinajstić information content (AvgIpc) is 2.98. The van der Waals surface area contributed by atoms with Crippen LogP contribution in [0.4, 0.5) is 0 Å². The molecule has 0 spiro atoms. The molecule has 1 unspecified atom stereocenters. The molecule has 0 aromatic carbocycles. The molecular formula is C16H20N4O3. The van der Waals surface area contributed by atoms with Crippen LogP contribution in [0.25, 0.3) is 5.65 Å². The predicted molar refractivity (Wildman–Crippen MR) is 83.2 cm³/mol. The number of aryl methyl sites for hydroxylation is 1. The van der Waals surface area contributed by atoms with Crippen molar-refractivity contribution >= 4 is 17.5 Å². The minimum absolute atomic E-state index is 0.169. The molecule has 0 aliphatic carbocycles. The number of likely N-dealkylation sites (tertiary alicyclic amines) is 1. The third kappa shape index (κ3) is 2.91. The summed E-state index contributed by atoms with van der Waals surface area (Å²) in [5.74, 6) is -0.662. The summed E-state index contributed by atoms with van der Waals surface area (Å²) < 4.78 is 1.84. The van der Waals surface area contributed by atoms with Crippen molar-refractivity contribution in [2.75, 3.05) is 13.1 Å². The minimum Gasteiger partial charge on any atom is -0.481 e. The number of fused-ring (bicyclic) bond motifs is 1. The average molecular weight is 316 g/mol. The van der Waals surface area contributed by atoms with Crippen molar-refractivity contribution in [2.45, 2.75) is 32.6 Å². The van der Waals surface area contributed by atoms with E-state index in [9.17, 15) is 14.7 Å². The van der Waals surface area contributed by atoms with Crippen LogP contribution in [-0.2, 0) is 11.2 Å². The summed E-state index contributed by atoms with van der Waals surface area (Å²) in [6, 6.07) is 3.54. The fourth-order valence-electron chi connectivity index (χ4n) is 3.06. The number of carboxylic acids is 1. The Morgan fingerprint density at radius 2 is 2.22 bits per heavy atom. The Morgan fingerprint density at radius 3 is 2.96 bits per heavy atom. The molecule has 7 heteroatoms. The second-order valence-corrected chi connectivity index (χ2v) is 5.91. The van der Waals surface area contributed by atoms with Crippen LogP contribution in [0.2, 0.25) is 0 Å². The van der Waals surface area contributed by atoms with Crippen molar-refractivity contribution in [3.8, 4) is 0 Å². The normalized spacial score (nSPS) is 18.3. The number of nitrogens with zero attached hydrogens (tertiary/aromatic N) is 4. The summed E-state index contributed by atoms with van der Waals surface area (Å²) in [4.78, 5) is 25.6. The summed E-state index contributed by atoms with van der Waals surface area (Å²) in [6.45, 7) is 2.90. The van der Waals surface area contributed by atoms with Crippen LogP contribution < -0.4 is 0 Å². The Bertz CT molecular complexity index is 740. The number of hydrogen-bond acceptors (Lipinski definition) is 4. The first-order valence-electron chi connectivity index (χ1n) is 7.96. The number of carbonyl (C=O) groups is 2. The van der Waals surface area contributed by atoms with E-state index in [0.29, 0.717) is 30.6 Å². The van der Waals surface area contributed by atoms with Gasteiger partial charge in [-0.2, -0.15) is 0 Å². The van der Waals surface area contributed by atoms with Crippen LogP contribution in [0.15, 0.2) is 18.3 Å². The van der Waals surface area contributed by atoms with Crippen molar-refractivity contribution in [2.24, 2.45) is 5.92 Å². The number of carbonyl (C=O) groups excluding carboxylic acids is 1. The van der Waals surface area contributed by atoms with Gasteiger partial charge in [-0.15, -0.1) is 10.2 Å². The maximum Gasteiger partial charge on any atom is 0.308 e. The predicted octanol–water partition coefficient (Wildman–Crippen LogP) is 1.62. The van der Waals surface area contributed by atoms with Crippen LogP contribution in [0, 0.1) is 5.92 Å². The van der Waals surface area contributed by atoms with E-state index < -0.39 is 11.9 Å². The number of carboxylic acid groups (broad SMARTS) is 1. The van der Waals surface area contributed by atoms with Gasteiger partial charge in [-0.05, 0) is 31.4 Å². The lowest BCUT2D eigenvalue weighted by Crippen LogP contribution is -2.42. The summed E-state index contributed by atoms with van der Waals surface area (Å²) >= 11 is 0. The van der Waals surface area contributed by atoms with E-state index >= 15 is 0 Å². The summed E-state index contributed by atoms with van der Waals surface area (Å²) in [7, 11) is 0. The molecule has 0 saturated carbocycles. The summed E-state index contributed by atoms with van der Waals surface area (Å²) in [5, 5.41) is 17.5. The molecule has 23 heavy (non-hydrogen) atoms. The van der Waals surface area contributed by atoms with Gasteiger partial charge < -0.3 is 10.0 Å². The number of amides is 1. The van der Waals surface area contributed by atoms with Crippen LogP contribution >= 0.6 is 0 Å². The van der Waals surface area contributed by atoms with Gasteiger partial charge in [0.1, 0.15) is 5.82 Å². The topological polar surface area (TPSA) is 87.8 Å². The molecule has 1 aliphatic heterocycles. The Labute approximate surface area is 133 Å². The van der Waals surface area contributed by atoms with Crippen LogP contribution in [0.3, 0.4) is 0 Å².